The molecule has 8 heteroatoms. The third-order valence-electron chi connectivity index (χ3n) is 4.70. The van der Waals surface area contributed by atoms with Gasteiger partial charge in [0, 0.05) is 11.8 Å². The number of hydrogen-bond donors (Lipinski definition) is 4. The van der Waals surface area contributed by atoms with Crippen LogP contribution in [0.1, 0.15) is 13.3 Å². The van der Waals surface area contributed by atoms with Crippen LogP contribution in [-0.4, -0.2) is 62.4 Å². The molecule has 0 saturated carbocycles. The number of ketones is 1. The van der Waals surface area contributed by atoms with Crippen molar-refractivity contribution in [1.29, 1.82) is 0 Å². The maximum atomic E-state index is 12.5. The molecular formula is C19H20O8. The van der Waals surface area contributed by atoms with Gasteiger partial charge in [0.2, 0.25) is 5.60 Å². The van der Waals surface area contributed by atoms with E-state index in [2.05, 4.69) is 0 Å². The second-order valence-electron chi connectivity index (χ2n) is 6.34. The van der Waals surface area contributed by atoms with E-state index in [4.69, 9.17) is 9.47 Å². The van der Waals surface area contributed by atoms with E-state index in [1.807, 2.05) is 18.2 Å². The number of benzene rings is 2. The molecule has 0 radical (unpaired) electrons. The molecule has 8 nitrogen and oxygen atoms in total. The SMILES string of the molecule is CCC(=O)[C@]1(O)[C@H](O)O[C@H](C(=O)Oc2cccc3ccccc23)[C@@H](O)[C@@H]1O. The molecule has 144 valence electrons. The highest BCUT2D eigenvalue weighted by Gasteiger charge is 2.60. The summed E-state index contributed by atoms with van der Waals surface area (Å²) in [7, 11) is 0. The van der Waals surface area contributed by atoms with Crippen LogP contribution < -0.4 is 4.74 Å². The fourth-order valence-electron chi connectivity index (χ4n) is 3.13. The van der Waals surface area contributed by atoms with Gasteiger partial charge in [0.1, 0.15) is 18.0 Å². The molecule has 5 atom stereocenters. The summed E-state index contributed by atoms with van der Waals surface area (Å²) in [6, 6.07) is 12.2. The van der Waals surface area contributed by atoms with Crippen molar-refractivity contribution in [3.63, 3.8) is 0 Å². The van der Waals surface area contributed by atoms with Gasteiger partial charge in [-0.25, -0.2) is 4.79 Å². The lowest BCUT2D eigenvalue weighted by molar-refractivity contribution is -0.309. The van der Waals surface area contributed by atoms with Crippen molar-refractivity contribution in [3.8, 4) is 5.75 Å². The first kappa shape index (κ1) is 19.4. The first-order valence-corrected chi connectivity index (χ1v) is 8.45. The number of aliphatic hydroxyl groups excluding tert-OH is 3. The molecule has 0 unspecified atom stereocenters. The summed E-state index contributed by atoms with van der Waals surface area (Å²) in [6.07, 6.45) is -8.31. The van der Waals surface area contributed by atoms with E-state index < -0.39 is 42.0 Å². The number of rotatable bonds is 4. The molecule has 27 heavy (non-hydrogen) atoms. The van der Waals surface area contributed by atoms with Crippen LogP contribution in [0.2, 0.25) is 0 Å². The molecule has 0 aliphatic carbocycles. The van der Waals surface area contributed by atoms with Crippen molar-refractivity contribution in [2.75, 3.05) is 0 Å². The smallest absolute Gasteiger partial charge is 0.343 e. The van der Waals surface area contributed by atoms with Gasteiger partial charge in [0.25, 0.3) is 0 Å². The molecular weight excluding hydrogens is 356 g/mol. The minimum atomic E-state index is -2.73. The van der Waals surface area contributed by atoms with Gasteiger partial charge in [0.05, 0.1) is 0 Å². The zero-order valence-corrected chi connectivity index (χ0v) is 14.5. The normalized spacial score (nSPS) is 30.9. The Labute approximate surface area is 154 Å². The van der Waals surface area contributed by atoms with Gasteiger partial charge >= 0.3 is 5.97 Å². The lowest BCUT2D eigenvalue weighted by Gasteiger charge is -2.44. The molecule has 0 aromatic heterocycles. The highest BCUT2D eigenvalue weighted by Crippen LogP contribution is 2.32. The summed E-state index contributed by atoms with van der Waals surface area (Å²) in [6.45, 7) is 1.41. The lowest BCUT2D eigenvalue weighted by atomic mass is 9.82. The zero-order chi connectivity index (χ0) is 19.8. The van der Waals surface area contributed by atoms with Gasteiger partial charge in [0.15, 0.2) is 18.2 Å². The first-order chi connectivity index (χ1) is 12.8. The Morgan fingerprint density at radius 2 is 1.78 bits per heavy atom. The van der Waals surface area contributed by atoms with Crippen molar-refractivity contribution in [2.24, 2.45) is 0 Å². The molecule has 4 N–H and O–H groups in total. The molecule has 1 heterocycles. The van der Waals surface area contributed by atoms with E-state index in [0.29, 0.717) is 5.39 Å². The van der Waals surface area contributed by atoms with E-state index in [-0.39, 0.29) is 12.2 Å². The summed E-state index contributed by atoms with van der Waals surface area (Å²) >= 11 is 0. The van der Waals surface area contributed by atoms with Crippen molar-refractivity contribution in [3.05, 3.63) is 42.5 Å². The molecule has 1 saturated heterocycles. The molecule has 2 aromatic rings. The Morgan fingerprint density at radius 3 is 2.48 bits per heavy atom. The van der Waals surface area contributed by atoms with Crippen LogP contribution in [0.4, 0.5) is 0 Å². The summed E-state index contributed by atoms with van der Waals surface area (Å²) in [5.41, 5.74) is -2.73. The standard InChI is InChI=1S/C19H20O8/c1-2-13(20)19(25)16(22)14(21)15(27-18(19)24)17(23)26-12-9-5-7-10-6-3-4-8-11(10)12/h3-9,14-16,18,21-22,24-25H,2H2,1H3/t14-,15+,16+,18-,19-/m1/s1. The summed E-state index contributed by atoms with van der Waals surface area (Å²) < 4.78 is 10.2. The van der Waals surface area contributed by atoms with Crippen LogP contribution in [0, 0.1) is 0 Å². The van der Waals surface area contributed by atoms with Crippen LogP contribution in [0.5, 0.6) is 5.75 Å². The van der Waals surface area contributed by atoms with Crippen molar-refractivity contribution in [1.82, 2.24) is 0 Å². The van der Waals surface area contributed by atoms with Gasteiger partial charge in [-0.1, -0.05) is 43.3 Å². The van der Waals surface area contributed by atoms with Crippen molar-refractivity contribution >= 4 is 22.5 Å². The number of esters is 1. The Bertz CT molecular complexity index is 860. The minimum Gasteiger partial charge on any atom is -0.424 e. The molecule has 3 rings (SSSR count). The molecule has 0 spiro atoms. The number of hydrogen-bond acceptors (Lipinski definition) is 8. The second-order valence-corrected chi connectivity index (χ2v) is 6.34. The average molecular weight is 376 g/mol. The summed E-state index contributed by atoms with van der Waals surface area (Å²) in [5.74, 6) is -1.81. The van der Waals surface area contributed by atoms with Gasteiger partial charge in [-0.2, -0.15) is 0 Å². The number of carbonyl (C=O) groups is 2. The Balaban J connectivity index is 1.84. The zero-order valence-electron chi connectivity index (χ0n) is 14.5. The van der Waals surface area contributed by atoms with Crippen LogP contribution in [-0.2, 0) is 14.3 Å². The molecule has 0 bridgehead atoms. The number of Topliss-reactive ketones (excluding diaryl/α,β-unsaturated/α-hetero) is 1. The summed E-state index contributed by atoms with van der Waals surface area (Å²) in [5, 5.41) is 42.1. The third-order valence-corrected chi connectivity index (χ3v) is 4.70. The van der Waals surface area contributed by atoms with Crippen LogP contribution in [0.3, 0.4) is 0 Å². The third kappa shape index (κ3) is 3.22. The Morgan fingerprint density at radius 1 is 1.11 bits per heavy atom. The second kappa shape index (κ2) is 7.34. The van der Waals surface area contributed by atoms with E-state index in [1.54, 1.807) is 24.3 Å². The predicted octanol–water partition coefficient (Wildman–Crippen LogP) is -0.106. The molecule has 1 aliphatic rings. The van der Waals surface area contributed by atoms with Gasteiger partial charge in [-0.15, -0.1) is 0 Å². The topological polar surface area (TPSA) is 134 Å². The predicted molar refractivity (Wildman–Crippen MR) is 92.7 cm³/mol. The van der Waals surface area contributed by atoms with Crippen molar-refractivity contribution in [2.45, 2.75) is 43.5 Å². The van der Waals surface area contributed by atoms with Crippen LogP contribution in [0.15, 0.2) is 42.5 Å². The van der Waals surface area contributed by atoms with E-state index in [0.717, 1.165) is 5.39 Å². The largest absolute Gasteiger partial charge is 0.424 e. The quantitative estimate of drug-likeness (QED) is 0.429. The Hall–Kier alpha value is -2.36. The Kier molecular flexibility index (Phi) is 5.27. The average Bonchev–Trinajstić information content (AvgIpc) is 2.68. The monoisotopic (exact) mass is 376 g/mol. The number of ether oxygens (including phenoxy) is 2. The van der Waals surface area contributed by atoms with E-state index >= 15 is 0 Å². The lowest BCUT2D eigenvalue weighted by Crippen LogP contribution is -2.70. The van der Waals surface area contributed by atoms with E-state index in [9.17, 15) is 30.0 Å². The van der Waals surface area contributed by atoms with E-state index in [1.165, 1.54) is 6.92 Å². The first-order valence-electron chi connectivity index (χ1n) is 8.45. The highest BCUT2D eigenvalue weighted by atomic mass is 16.7. The highest BCUT2D eigenvalue weighted by molar-refractivity contribution is 5.92. The van der Waals surface area contributed by atoms with Crippen molar-refractivity contribution < 1.29 is 39.5 Å². The summed E-state index contributed by atoms with van der Waals surface area (Å²) in [4.78, 5) is 24.4. The van der Waals surface area contributed by atoms with Gasteiger partial charge in [-0.05, 0) is 11.5 Å². The number of aliphatic hydroxyl groups is 4. The maximum absolute atomic E-state index is 12.5. The fraction of sp³-hybridized carbons (Fsp3) is 0.368. The molecule has 1 fully saturated rings. The number of fused-ring (bicyclic) bond motifs is 1. The van der Waals surface area contributed by atoms with Gasteiger partial charge < -0.3 is 29.9 Å². The minimum absolute atomic E-state index is 0.198. The molecule has 0 amide bonds. The fourth-order valence-corrected chi connectivity index (χ4v) is 3.13. The molecule has 1 aliphatic heterocycles. The van der Waals surface area contributed by atoms with Crippen LogP contribution in [0.25, 0.3) is 10.8 Å². The van der Waals surface area contributed by atoms with Crippen LogP contribution >= 0.6 is 0 Å². The van der Waals surface area contributed by atoms with Gasteiger partial charge in [-0.3, -0.25) is 4.79 Å². The number of carbonyl (C=O) groups excluding carboxylic acids is 2. The molecule has 2 aromatic carbocycles. The maximum Gasteiger partial charge on any atom is 0.343 e.